The van der Waals surface area contributed by atoms with Crippen LogP contribution >= 0.6 is 0 Å². The summed E-state index contributed by atoms with van der Waals surface area (Å²) in [4.78, 5) is 42.1. The normalized spacial score (nSPS) is 13.5. The smallest absolute Gasteiger partial charge is 0.407 e. The predicted molar refractivity (Wildman–Crippen MR) is 277 cm³/mol. The van der Waals surface area contributed by atoms with Crippen LogP contribution in [0.25, 0.3) is 11.1 Å². The Kier molecular flexibility index (Phi) is 15.7. The topological polar surface area (TPSA) is 118 Å². The van der Waals surface area contributed by atoms with Gasteiger partial charge in [0.25, 0.3) is 0 Å². The van der Waals surface area contributed by atoms with Gasteiger partial charge in [0.2, 0.25) is 20.1 Å². The quantitative estimate of drug-likeness (QED) is 0.0365. The minimum absolute atomic E-state index is 0.0277. The summed E-state index contributed by atoms with van der Waals surface area (Å²) in [5, 5.41) is 12.9. The number of hydrogen-bond donors (Lipinski definition) is 4. The van der Waals surface area contributed by atoms with Crippen LogP contribution in [-0.2, 0) is 19.9 Å². The molecule has 0 heterocycles. The van der Waals surface area contributed by atoms with Gasteiger partial charge in [0, 0.05) is 11.6 Å². The Morgan fingerprint density at radius 1 is 0.632 bits per heavy atom. The lowest BCUT2D eigenvalue weighted by Crippen LogP contribution is -2.54. The van der Waals surface area contributed by atoms with Crippen LogP contribution in [0.1, 0.15) is 93.2 Å². The van der Waals surface area contributed by atoms with E-state index in [-0.39, 0.29) is 29.4 Å². The molecule has 0 bridgehead atoms. The largest absolute Gasteiger partial charge is 0.544 e. The molecule has 3 amide bonds. The van der Waals surface area contributed by atoms with E-state index >= 15 is 0 Å². The molecular formula is C58H68N4O5Si. The van der Waals surface area contributed by atoms with Gasteiger partial charge in [0.1, 0.15) is 24.4 Å². The Bertz CT molecular complexity index is 2540. The molecule has 354 valence electrons. The number of aryl methyl sites for hydroxylation is 1. The molecule has 6 aromatic carbocycles. The van der Waals surface area contributed by atoms with E-state index in [0.29, 0.717) is 31.5 Å². The van der Waals surface area contributed by atoms with E-state index in [1.165, 1.54) is 5.56 Å². The Morgan fingerprint density at radius 2 is 1.16 bits per heavy atom. The maximum Gasteiger partial charge on any atom is 0.407 e. The lowest BCUT2D eigenvalue weighted by Gasteiger charge is -2.37. The summed E-state index contributed by atoms with van der Waals surface area (Å²) in [6.45, 7) is 17.5. The van der Waals surface area contributed by atoms with E-state index in [9.17, 15) is 14.4 Å². The van der Waals surface area contributed by atoms with Crippen molar-refractivity contribution in [2.45, 2.75) is 102 Å². The van der Waals surface area contributed by atoms with Crippen LogP contribution in [0.3, 0.4) is 0 Å². The molecule has 0 radical (unpaired) electrons. The van der Waals surface area contributed by atoms with Crippen molar-refractivity contribution >= 4 is 31.9 Å². The molecule has 0 spiro atoms. The summed E-state index contributed by atoms with van der Waals surface area (Å²) in [5.41, 5.74) is 8.93. The molecule has 0 saturated carbocycles. The van der Waals surface area contributed by atoms with Gasteiger partial charge < -0.3 is 25.1 Å². The molecule has 4 N–H and O–H groups in total. The fourth-order valence-corrected chi connectivity index (χ4v) is 9.88. The summed E-state index contributed by atoms with van der Waals surface area (Å²) < 4.78 is 12.3. The number of amides is 3. The average Bonchev–Trinajstić information content (AvgIpc) is 3.65. The molecule has 0 fully saturated rings. The van der Waals surface area contributed by atoms with Gasteiger partial charge in [-0.3, -0.25) is 14.9 Å². The number of unbranched alkanes of at least 4 members (excludes halogenated alkanes) is 1. The lowest BCUT2D eigenvalue weighted by molar-refractivity contribution is -0.128. The second-order valence-corrected chi connectivity index (χ2v) is 24.6. The number of nitrogens with one attached hydrogen (secondary N) is 4. The number of alkyl carbamates (subject to hydrolysis) is 1. The number of fused-ring (bicyclic) bond motifs is 3. The fourth-order valence-electron chi connectivity index (χ4n) is 8.85. The molecule has 2 atom stereocenters. The zero-order valence-electron chi connectivity index (χ0n) is 40.9. The van der Waals surface area contributed by atoms with Crippen molar-refractivity contribution in [2.24, 2.45) is 5.92 Å². The third-order valence-electron chi connectivity index (χ3n) is 13.7. The minimum atomic E-state index is -2.08. The molecule has 1 aliphatic carbocycles. The van der Waals surface area contributed by atoms with Crippen molar-refractivity contribution in [1.29, 1.82) is 0 Å². The first-order valence-electron chi connectivity index (χ1n) is 24.0. The molecular weight excluding hydrogens is 861 g/mol. The Balaban J connectivity index is 1.06. The molecule has 7 rings (SSSR count). The van der Waals surface area contributed by atoms with Crippen molar-refractivity contribution in [3.8, 4) is 16.9 Å². The fraction of sp³-hybridized carbons (Fsp3) is 0.328. The molecule has 9 nitrogen and oxygen atoms in total. The monoisotopic (exact) mass is 928 g/mol. The van der Waals surface area contributed by atoms with Gasteiger partial charge in [-0.25, -0.2) is 4.79 Å². The molecule has 0 aromatic heterocycles. The van der Waals surface area contributed by atoms with Crippen LogP contribution in [0.2, 0.25) is 18.1 Å². The number of carbonyl (C=O) groups is 3. The van der Waals surface area contributed by atoms with Crippen LogP contribution in [-0.4, -0.2) is 51.5 Å². The number of carbonyl (C=O) groups excluding carboxylic acids is 3. The molecule has 0 saturated heterocycles. The standard InChI is InChI=1S/C58H68N4O5Si/c1-40(2)53(62-56(65)66-39-51-49-27-17-15-25-47(49)48-26-16-18-28-50(48)51)55(64)61-52(54(63)60-45-34-36-46(37-35-45)67-68(7,8)57(4,5)6)29-19-20-38-59-58(42-21-11-9-12-22-42,43-23-13-10-14-24-43)44-32-30-41(3)31-33-44/h9-18,21-28,30-37,40,51-53,59H,19-20,29,38-39H2,1-8H3,(H,60,63)(H,61,64)(H,62,65)/t52-,53-/m0/s1. The third kappa shape index (κ3) is 11.4. The minimum Gasteiger partial charge on any atom is -0.544 e. The first-order chi connectivity index (χ1) is 32.6. The van der Waals surface area contributed by atoms with Gasteiger partial charge in [-0.05, 0) is 120 Å². The highest BCUT2D eigenvalue weighted by molar-refractivity contribution is 6.74. The molecule has 10 heteroatoms. The molecule has 1 aliphatic rings. The summed E-state index contributed by atoms with van der Waals surface area (Å²) >= 11 is 0. The summed E-state index contributed by atoms with van der Waals surface area (Å²) in [6.07, 6.45) is 0.986. The maximum atomic E-state index is 14.3. The third-order valence-corrected chi connectivity index (χ3v) is 18.1. The highest BCUT2D eigenvalue weighted by Crippen LogP contribution is 2.45. The number of benzene rings is 6. The van der Waals surface area contributed by atoms with Crippen LogP contribution < -0.4 is 25.7 Å². The number of ether oxygens (including phenoxy) is 1. The Hall–Kier alpha value is -6.49. The Labute approximate surface area is 404 Å². The van der Waals surface area contributed by atoms with E-state index in [0.717, 1.165) is 44.7 Å². The van der Waals surface area contributed by atoms with E-state index in [1.54, 1.807) is 0 Å². The van der Waals surface area contributed by atoms with Gasteiger partial charge in [0.05, 0.1) is 5.54 Å². The van der Waals surface area contributed by atoms with Gasteiger partial charge in [-0.15, -0.1) is 0 Å². The molecule has 6 aromatic rings. The van der Waals surface area contributed by atoms with Gasteiger partial charge in [-0.2, -0.15) is 0 Å². The lowest BCUT2D eigenvalue weighted by atomic mass is 9.76. The van der Waals surface area contributed by atoms with Crippen molar-refractivity contribution in [3.63, 3.8) is 0 Å². The molecule has 0 aliphatic heterocycles. The van der Waals surface area contributed by atoms with Crippen molar-refractivity contribution in [1.82, 2.24) is 16.0 Å². The highest BCUT2D eigenvalue weighted by Gasteiger charge is 2.39. The van der Waals surface area contributed by atoms with Crippen molar-refractivity contribution in [2.75, 3.05) is 18.5 Å². The number of rotatable bonds is 19. The summed E-state index contributed by atoms with van der Waals surface area (Å²) in [6, 6.07) is 51.5. The second-order valence-electron chi connectivity index (χ2n) is 19.9. The van der Waals surface area contributed by atoms with Crippen LogP contribution in [0.4, 0.5) is 10.5 Å². The van der Waals surface area contributed by atoms with Crippen molar-refractivity contribution < 1.29 is 23.5 Å². The van der Waals surface area contributed by atoms with Crippen LogP contribution in [0.15, 0.2) is 158 Å². The maximum absolute atomic E-state index is 14.3. The predicted octanol–water partition coefficient (Wildman–Crippen LogP) is 12.1. The first-order valence-corrected chi connectivity index (χ1v) is 26.9. The zero-order valence-corrected chi connectivity index (χ0v) is 41.9. The second kappa shape index (κ2) is 21.6. The zero-order chi connectivity index (χ0) is 48.5. The van der Waals surface area contributed by atoms with E-state index in [2.05, 4.69) is 159 Å². The number of anilines is 1. The van der Waals surface area contributed by atoms with E-state index in [4.69, 9.17) is 9.16 Å². The van der Waals surface area contributed by atoms with Gasteiger partial charge >= 0.3 is 6.09 Å². The number of hydrogen-bond acceptors (Lipinski definition) is 6. The molecule has 68 heavy (non-hydrogen) atoms. The Morgan fingerprint density at radius 3 is 1.71 bits per heavy atom. The van der Waals surface area contributed by atoms with Gasteiger partial charge in [0.15, 0.2) is 0 Å². The van der Waals surface area contributed by atoms with E-state index < -0.39 is 37.9 Å². The van der Waals surface area contributed by atoms with Crippen LogP contribution in [0.5, 0.6) is 5.75 Å². The highest BCUT2D eigenvalue weighted by atomic mass is 28.4. The van der Waals surface area contributed by atoms with Crippen LogP contribution in [0, 0.1) is 12.8 Å². The summed E-state index contributed by atoms with van der Waals surface area (Å²) in [5.74, 6) is -0.495. The molecule has 0 unspecified atom stereocenters. The van der Waals surface area contributed by atoms with Crippen molar-refractivity contribution in [3.05, 3.63) is 191 Å². The average molecular weight is 929 g/mol. The van der Waals surface area contributed by atoms with E-state index in [1.807, 2.05) is 74.5 Å². The van der Waals surface area contributed by atoms with Gasteiger partial charge in [-0.1, -0.05) is 174 Å². The first kappa shape index (κ1) is 49.4. The summed E-state index contributed by atoms with van der Waals surface area (Å²) in [7, 11) is -2.08. The SMILES string of the molecule is Cc1ccc(C(NCCCC[C@H](NC(=O)[C@@H](NC(=O)OCC2c3ccccc3-c3ccccc32)C(C)C)C(=O)Nc2ccc(O[Si](C)(C)C(C)(C)C)cc2)(c2ccccc2)c2ccccc2)cc1.